The molecule has 114 valence electrons. The Balaban J connectivity index is 2.08. The number of nitrogens with zero attached hydrogens (tertiary/aromatic N) is 3. The monoisotopic (exact) mass is 289 g/mol. The number of aliphatic hydroxyl groups excluding tert-OH is 1. The fraction of sp³-hybridized carbons (Fsp3) is 0.500. The summed E-state index contributed by atoms with van der Waals surface area (Å²) < 4.78 is 7.68. The minimum Gasteiger partial charge on any atom is -0.487 e. The third-order valence-corrected chi connectivity index (χ3v) is 3.47. The van der Waals surface area contributed by atoms with E-state index in [-0.39, 0.29) is 6.61 Å². The van der Waals surface area contributed by atoms with Gasteiger partial charge in [-0.15, -0.1) is 5.10 Å². The van der Waals surface area contributed by atoms with Crippen molar-refractivity contribution in [2.45, 2.75) is 52.9 Å². The number of ether oxygens (including phenoxy) is 1. The smallest absolute Gasteiger partial charge is 0.132 e. The molecule has 5 nitrogen and oxygen atoms in total. The highest BCUT2D eigenvalue weighted by Crippen LogP contribution is 2.17. The van der Waals surface area contributed by atoms with Crippen LogP contribution in [0.5, 0.6) is 5.75 Å². The number of unbranched alkanes of at least 4 members (excludes halogenated alkanes) is 1. The molecule has 0 saturated heterocycles. The van der Waals surface area contributed by atoms with Crippen molar-refractivity contribution in [3.63, 3.8) is 0 Å². The molecule has 1 aromatic heterocycles. The number of aryl methyl sites for hydroxylation is 2. The van der Waals surface area contributed by atoms with Gasteiger partial charge in [0.25, 0.3) is 0 Å². The molecule has 0 saturated carbocycles. The average molecular weight is 289 g/mol. The molecule has 0 fully saturated rings. The van der Waals surface area contributed by atoms with Crippen LogP contribution in [0.1, 0.15) is 43.6 Å². The quantitative estimate of drug-likeness (QED) is 0.811. The zero-order valence-electron chi connectivity index (χ0n) is 12.7. The fourth-order valence-electron chi connectivity index (χ4n) is 2.14. The van der Waals surface area contributed by atoms with Crippen LogP contribution >= 0.6 is 0 Å². The molecule has 21 heavy (non-hydrogen) atoms. The largest absolute Gasteiger partial charge is 0.487 e. The summed E-state index contributed by atoms with van der Waals surface area (Å²) >= 11 is 0. The van der Waals surface area contributed by atoms with Crippen molar-refractivity contribution in [1.29, 1.82) is 0 Å². The van der Waals surface area contributed by atoms with E-state index in [1.807, 2.05) is 22.9 Å². The third kappa shape index (κ3) is 4.04. The van der Waals surface area contributed by atoms with Gasteiger partial charge in [-0.2, -0.15) is 0 Å². The van der Waals surface area contributed by atoms with Gasteiger partial charge < -0.3 is 9.84 Å². The molecule has 0 aliphatic rings. The van der Waals surface area contributed by atoms with Crippen LogP contribution in [0.2, 0.25) is 0 Å². The molecule has 2 rings (SSSR count). The van der Waals surface area contributed by atoms with Crippen molar-refractivity contribution >= 4 is 0 Å². The number of aliphatic hydroxyl groups is 1. The van der Waals surface area contributed by atoms with E-state index in [4.69, 9.17) is 4.74 Å². The van der Waals surface area contributed by atoms with Crippen molar-refractivity contribution < 1.29 is 9.84 Å². The molecule has 2 aromatic rings. The van der Waals surface area contributed by atoms with Crippen LogP contribution in [-0.4, -0.2) is 20.1 Å². The molecule has 0 amide bonds. The van der Waals surface area contributed by atoms with Crippen LogP contribution in [0, 0.1) is 0 Å². The van der Waals surface area contributed by atoms with Gasteiger partial charge in [-0.1, -0.05) is 37.6 Å². The predicted octanol–water partition coefficient (Wildman–Crippen LogP) is 2.71. The van der Waals surface area contributed by atoms with Crippen LogP contribution in [-0.2, 0) is 26.2 Å². The molecular weight excluding hydrogens is 266 g/mol. The van der Waals surface area contributed by atoms with Crippen molar-refractivity contribution in [3.05, 3.63) is 41.2 Å². The molecule has 0 radical (unpaired) electrons. The Morgan fingerprint density at radius 2 is 2.14 bits per heavy atom. The second-order valence-electron chi connectivity index (χ2n) is 5.01. The Bertz CT molecular complexity index is 566. The normalized spacial score (nSPS) is 10.8. The second-order valence-corrected chi connectivity index (χ2v) is 5.01. The van der Waals surface area contributed by atoms with E-state index in [0.29, 0.717) is 12.3 Å². The molecule has 0 atom stereocenters. The summed E-state index contributed by atoms with van der Waals surface area (Å²) in [6, 6.07) is 8.06. The fourth-order valence-corrected chi connectivity index (χ4v) is 2.14. The lowest BCUT2D eigenvalue weighted by Crippen LogP contribution is -2.09. The number of rotatable bonds is 8. The third-order valence-electron chi connectivity index (χ3n) is 3.47. The molecular formula is C16H23N3O2. The topological polar surface area (TPSA) is 60.2 Å². The molecule has 1 heterocycles. The summed E-state index contributed by atoms with van der Waals surface area (Å²) in [5.41, 5.74) is 2.69. The van der Waals surface area contributed by atoms with E-state index >= 15 is 0 Å². The van der Waals surface area contributed by atoms with Gasteiger partial charge in [0.05, 0.1) is 6.61 Å². The molecule has 5 heteroatoms. The molecule has 0 unspecified atom stereocenters. The molecule has 0 bridgehead atoms. The molecule has 0 aliphatic heterocycles. The van der Waals surface area contributed by atoms with E-state index in [9.17, 15) is 5.11 Å². The van der Waals surface area contributed by atoms with Gasteiger partial charge in [-0.3, -0.25) is 0 Å². The highest BCUT2D eigenvalue weighted by atomic mass is 16.5. The minimum atomic E-state index is -0.111. The summed E-state index contributed by atoms with van der Waals surface area (Å²) in [6.45, 7) is 5.32. The summed E-state index contributed by atoms with van der Waals surface area (Å²) in [7, 11) is 0. The SMILES string of the molecule is CCCCn1nnc(CO)c1COc1cccc(CC)c1. The summed E-state index contributed by atoms with van der Waals surface area (Å²) in [4.78, 5) is 0. The molecule has 1 aromatic carbocycles. The van der Waals surface area contributed by atoms with Gasteiger partial charge in [0.1, 0.15) is 23.7 Å². The lowest BCUT2D eigenvalue weighted by Gasteiger charge is -2.10. The van der Waals surface area contributed by atoms with E-state index in [1.165, 1.54) is 5.56 Å². The minimum absolute atomic E-state index is 0.111. The molecule has 0 aliphatic carbocycles. The number of aromatic nitrogens is 3. The van der Waals surface area contributed by atoms with Gasteiger partial charge in [0.15, 0.2) is 0 Å². The number of hydrogen-bond acceptors (Lipinski definition) is 4. The van der Waals surface area contributed by atoms with Crippen molar-refractivity contribution in [2.24, 2.45) is 0 Å². The predicted molar refractivity (Wildman–Crippen MR) is 81.0 cm³/mol. The number of hydrogen-bond donors (Lipinski definition) is 1. The van der Waals surface area contributed by atoms with Crippen molar-refractivity contribution in [2.75, 3.05) is 0 Å². The molecule has 0 spiro atoms. The Morgan fingerprint density at radius 3 is 2.86 bits per heavy atom. The standard InChI is InChI=1S/C16H23N3O2/c1-3-5-9-19-16(15(11-20)17-18-19)12-21-14-8-6-7-13(4-2)10-14/h6-8,10,20H,3-5,9,11-12H2,1-2H3. The maximum atomic E-state index is 9.37. The van der Waals surface area contributed by atoms with Gasteiger partial charge in [-0.05, 0) is 30.5 Å². The highest BCUT2D eigenvalue weighted by Gasteiger charge is 2.12. The van der Waals surface area contributed by atoms with Crippen LogP contribution in [0.25, 0.3) is 0 Å². The zero-order valence-corrected chi connectivity index (χ0v) is 12.7. The summed E-state index contributed by atoms with van der Waals surface area (Å²) in [5.74, 6) is 0.835. The lowest BCUT2D eigenvalue weighted by molar-refractivity contribution is 0.261. The van der Waals surface area contributed by atoms with Gasteiger partial charge >= 0.3 is 0 Å². The average Bonchev–Trinajstić information content (AvgIpc) is 2.93. The van der Waals surface area contributed by atoms with Gasteiger partial charge in [0.2, 0.25) is 0 Å². The van der Waals surface area contributed by atoms with Gasteiger partial charge in [0, 0.05) is 6.54 Å². The maximum absolute atomic E-state index is 9.37. The Labute approximate surface area is 125 Å². The van der Waals surface area contributed by atoms with Crippen LogP contribution in [0.3, 0.4) is 0 Å². The van der Waals surface area contributed by atoms with E-state index in [1.54, 1.807) is 0 Å². The first-order valence-corrected chi connectivity index (χ1v) is 7.52. The first kappa shape index (κ1) is 15.5. The highest BCUT2D eigenvalue weighted by molar-refractivity contribution is 5.28. The Morgan fingerprint density at radius 1 is 1.29 bits per heavy atom. The van der Waals surface area contributed by atoms with E-state index < -0.39 is 0 Å². The maximum Gasteiger partial charge on any atom is 0.132 e. The van der Waals surface area contributed by atoms with E-state index in [0.717, 1.165) is 37.3 Å². The summed E-state index contributed by atoms with van der Waals surface area (Å²) in [5, 5.41) is 17.5. The first-order chi connectivity index (χ1) is 10.3. The van der Waals surface area contributed by atoms with Crippen molar-refractivity contribution in [1.82, 2.24) is 15.0 Å². The van der Waals surface area contributed by atoms with Gasteiger partial charge in [-0.25, -0.2) is 4.68 Å². The Hall–Kier alpha value is -1.88. The Kier molecular flexibility index (Phi) is 5.75. The second kappa shape index (κ2) is 7.78. The zero-order chi connectivity index (χ0) is 15.1. The van der Waals surface area contributed by atoms with Crippen LogP contribution < -0.4 is 4.74 Å². The van der Waals surface area contributed by atoms with Crippen molar-refractivity contribution in [3.8, 4) is 5.75 Å². The van der Waals surface area contributed by atoms with E-state index in [2.05, 4.69) is 30.2 Å². The van der Waals surface area contributed by atoms with Crippen LogP contribution in [0.15, 0.2) is 24.3 Å². The molecule has 1 N–H and O–H groups in total. The first-order valence-electron chi connectivity index (χ1n) is 7.52. The number of benzene rings is 1. The lowest BCUT2D eigenvalue weighted by atomic mass is 10.2. The summed E-state index contributed by atoms with van der Waals surface area (Å²) in [6.07, 6.45) is 3.11. The van der Waals surface area contributed by atoms with Crippen LogP contribution in [0.4, 0.5) is 0 Å².